The molecule has 4 nitrogen and oxygen atoms in total. The number of esters is 1. The molecule has 0 aliphatic rings. The number of carbonyl (C=O) groups excluding carboxylic acids is 1. The predicted octanol–water partition coefficient (Wildman–Crippen LogP) is 13.0. The normalized spacial score (nSPS) is 12.3. The molecule has 0 aromatic heterocycles. The molecule has 0 radical (unpaired) electrons. The molecule has 1 atom stereocenters. The maximum atomic E-state index is 12.1. The Morgan fingerprint density at radius 1 is 0.511 bits per heavy atom. The molecule has 0 amide bonds. The molecule has 0 fully saturated rings. The van der Waals surface area contributed by atoms with Crippen LogP contribution in [0, 0.1) is 0 Å². The highest BCUT2D eigenvalue weighted by Crippen LogP contribution is 2.15. The molecule has 45 heavy (non-hydrogen) atoms. The van der Waals surface area contributed by atoms with Crippen molar-refractivity contribution in [1.29, 1.82) is 0 Å². The van der Waals surface area contributed by atoms with Gasteiger partial charge in [-0.25, -0.2) is 0 Å². The molecule has 0 heterocycles. The Morgan fingerprint density at radius 2 is 0.867 bits per heavy atom. The highest BCUT2D eigenvalue weighted by Gasteiger charge is 2.13. The van der Waals surface area contributed by atoms with Gasteiger partial charge in [-0.2, -0.15) is 0 Å². The van der Waals surface area contributed by atoms with Crippen LogP contribution in [-0.2, 0) is 14.3 Å². The van der Waals surface area contributed by atoms with Crippen molar-refractivity contribution < 1.29 is 19.4 Å². The van der Waals surface area contributed by atoms with E-state index in [4.69, 9.17) is 9.47 Å². The van der Waals surface area contributed by atoms with Gasteiger partial charge in [0.15, 0.2) is 0 Å². The number of ether oxygens (including phenoxy) is 2. The first-order chi connectivity index (χ1) is 22.2. The summed E-state index contributed by atoms with van der Waals surface area (Å²) in [6.07, 6.45) is 45.5. The number of aliphatic hydroxyl groups excluding tert-OH is 1. The Kier molecular flexibility index (Phi) is 38.5. The molecule has 268 valence electrons. The molecule has 1 unspecified atom stereocenters. The number of unbranched alkanes of at least 4 members (excludes halogenated alkanes) is 28. The van der Waals surface area contributed by atoms with E-state index in [1.165, 1.54) is 180 Å². The average Bonchev–Trinajstić information content (AvgIpc) is 3.05. The fourth-order valence-electron chi connectivity index (χ4n) is 6.03. The van der Waals surface area contributed by atoms with Gasteiger partial charge >= 0.3 is 5.97 Å². The van der Waals surface area contributed by atoms with Crippen molar-refractivity contribution in [3.63, 3.8) is 0 Å². The fourth-order valence-corrected chi connectivity index (χ4v) is 6.03. The molecule has 0 saturated carbocycles. The maximum absolute atomic E-state index is 12.1. The summed E-state index contributed by atoms with van der Waals surface area (Å²) in [6, 6.07) is 0. The van der Waals surface area contributed by atoms with Crippen molar-refractivity contribution in [2.45, 2.75) is 225 Å². The van der Waals surface area contributed by atoms with E-state index in [1.807, 2.05) is 0 Å². The summed E-state index contributed by atoms with van der Waals surface area (Å²) in [5.41, 5.74) is 0. The van der Waals surface area contributed by atoms with Crippen LogP contribution < -0.4 is 0 Å². The number of hydrogen-bond donors (Lipinski definition) is 1. The minimum absolute atomic E-state index is 0.169. The third-order valence-corrected chi connectivity index (χ3v) is 9.09. The highest BCUT2D eigenvalue weighted by atomic mass is 16.6. The quantitative estimate of drug-likeness (QED) is 0.0416. The minimum Gasteiger partial charge on any atom is -0.457 e. The van der Waals surface area contributed by atoms with Gasteiger partial charge in [-0.1, -0.05) is 187 Å². The zero-order chi connectivity index (χ0) is 32.7. The van der Waals surface area contributed by atoms with E-state index in [0.29, 0.717) is 19.6 Å². The van der Waals surface area contributed by atoms with Crippen LogP contribution in [0.4, 0.5) is 0 Å². The molecular formula is C41H80O4. The lowest BCUT2D eigenvalue weighted by Crippen LogP contribution is -2.27. The van der Waals surface area contributed by atoms with Crippen LogP contribution in [-0.4, -0.2) is 37.0 Å². The fraction of sp³-hybridized carbons (Fsp3) is 0.927. The van der Waals surface area contributed by atoms with Gasteiger partial charge in [-0.05, 0) is 38.5 Å². The summed E-state index contributed by atoms with van der Waals surface area (Å²) in [7, 11) is 0. The molecule has 0 aromatic carbocycles. The van der Waals surface area contributed by atoms with Gasteiger partial charge in [0.05, 0.1) is 13.2 Å². The Bertz CT molecular complexity index is 590. The summed E-state index contributed by atoms with van der Waals surface area (Å²) in [5.74, 6) is -0.206. The van der Waals surface area contributed by atoms with Crippen molar-refractivity contribution >= 4 is 5.97 Å². The van der Waals surface area contributed by atoms with Gasteiger partial charge < -0.3 is 14.6 Å². The van der Waals surface area contributed by atoms with Gasteiger partial charge in [-0.3, -0.25) is 4.79 Å². The number of allylic oxidation sites excluding steroid dienone is 2. The van der Waals surface area contributed by atoms with Crippen molar-refractivity contribution in [1.82, 2.24) is 0 Å². The second-order valence-corrected chi connectivity index (χ2v) is 13.7. The van der Waals surface area contributed by atoms with E-state index >= 15 is 0 Å². The Hall–Kier alpha value is -0.870. The summed E-state index contributed by atoms with van der Waals surface area (Å²) in [4.78, 5) is 12.1. The number of hydrogen-bond acceptors (Lipinski definition) is 4. The van der Waals surface area contributed by atoms with Crippen LogP contribution in [0.2, 0.25) is 0 Å². The number of rotatable bonds is 38. The van der Waals surface area contributed by atoms with Crippen molar-refractivity contribution in [2.24, 2.45) is 0 Å². The molecule has 0 rings (SSSR count). The summed E-state index contributed by atoms with van der Waals surface area (Å²) >= 11 is 0. The first-order valence-corrected chi connectivity index (χ1v) is 20.3. The van der Waals surface area contributed by atoms with E-state index in [9.17, 15) is 9.90 Å². The van der Waals surface area contributed by atoms with Crippen molar-refractivity contribution in [3.05, 3.63) is 12.2 Å². The lowest BCUT2D eigenvalue weighted by molar-refractivity contribution is -0.154. The smallest absolute Gasteiger partial charge is 0.306 e. The van der Waals surface area contributed by atoms with Crippen LogP contribution in [0.5, 0.6) is 0 Å². The largest absolute Gasteiger partial charge is 0.457 e. The van der Waals surface area contributed by atoms with E-state index in [1.54, 1.807) is 0 Å². The molecular weight excluding hydrogens is 556 g/mol. The molecule has 1 N–H and O–H groups in total. The van der Waals surface area contributed by atoms with Crippen LogP contribution in [0.1, 0.15) is 219 Å². The first-order valence-electron chi connectivity index (χ1n) is 20.3. The topological polar surface area (TPSA) is 55.8 Å². The zero-order valence-corrected chi connectivity index (χ0v) is 30.7. The summed E-state index contributed by atoms with van der Waals surface area (Å²) in [6.45, 7) is 5.36. The summed E-state index contributed by atoms with van der Waals surface area (Å²) in [5, 5.41) is 9.57. The third kappa shape index (κ3) is 37.5. The minimum atomic E-state index is -0.531. The van der Waals surface area contributed by atoms with Crippen LogP contribution in [0.15, 0.2) is 12.2 Å². The standard InChI is InChI=1S/C41H80O4/c1-3-5-7-9-11-13-15-17-19-20-21-22-23-25-27-29-31-33-35-37-44-39-40(38-42)45-41(43)36-34-32-30-28-26-24-18-16-14-12-10-8-6-4-2/h16,18,40,42H,3-15,17,19-39H2,1-2H3/b18-16-. The van der Waals surface area contributed by atoms with Crippen molar-refractivity contribution in [3.8, 4) is 0 Å². The number of carbonyl (C=O) groups is 1. The van der Waals surface area contributed by atoms with Gasteiger partial charge in [-0.15, -0.1) is 0 Å². The van der Waals surface area contributed by atoms with Gasteiger partial charge in [0.25, 0.3) is 0 Å². The Morgan fingerprint density at radius 3 is 1.27 bits per heavy atom. The first kappa shape index (κ1) is 44.1. The number of aliphatic hydroxyl groups is 1. The molecule has 4 heteroatoms. The van der Waals surface area contributed by atoms with E-state index < -0.39 is 6.10 Å². The Labute approximate surface area is 282 Å². The highest BCUT2D eigenvalue weighted by molar-refractivity contribution is 5.69. The monoisotopic (exact) mass is 637 g/mol. The van der Waals surface area contributed by atoms with Gasteiger partial charge in [0, 0.05) is 13.0 Å². The van der Waals surface area contributed by atoms with Gasteiger partial charge in [0.1, 0.15) is 6.10 Å². The second-order valence-electron chi connectivity index (χ2n) is 13.7. The lowest BCUT2D eigenvalue weighted by Gasteiger charge is -2.15. The van der Waals surface area contributed by atoms with Gasteiger partial charge in [0.2, 0.25) is 0 Å². The zero-order valence-electron chi connectivity index (χ0n) is 30.7. The predicted molar refractivity (Wildman–Crippen MR) is 196 cm³/mol. The molecule has 0 aromatic rings. The molecule has 0 spiro atoms. The van der Waals surface area contributed by atoms with Crippen LogP contribution >= 0.6 is 0 Å². The Balaban J connectivity index is 3.38. The lowest BCUT2D eigenvalue weighted by atomic mass is 10.0. The second kappa shape index (κ2) is 39.3. The van der Waals surface area contributed by atoms with E-state index in [0.717, 1.165) is 19.3 Å². The third-order valence-electron chi connectivity index (χ3n) is 9.09. The van der Waals surface area contributed by atoms with Crippen LogP contribution in [0.25, 0.3) is 0 Å². The molecule has 0 aliphatic heterocycles. The SMILES string of the molecule is CCCCCCC/C=C\CCCCCCCC(=O)OC(CO)COCCCCCCCCCCCCCCCCCCCCC. The molecule has 0 saturated heterocycles. The van der Waals surface area contributed by atoms with Crippen molar-refractivity contribution in [2.75, 3.05) is 19.8 Å². The molecule has 0 aliphatic carbocycles. The summed E-state index contributed by atoms with van der Waals surface area (Å²) < 4.78 is 11.1. The van der Waals surface area contributed by atoms with E-state index in [2.05, 4.69) is 26.0 Å². The van der Waals surface area contributed by atoms with Crippen LogP contribution in [0.3, 0.4) is 0 Å². The molecule has 0 bridgehead atoms. The van der Waals surface area contributed by atoms with E-state index in [-0.39, 0.29) is 12.6 Å². The average molecular weight is 637 g/mol. The maximum Gasteiger partial charge on any atom is 0.306 e.